The quantitative estimate of drug-likeness (QED) is 0.300. The number of rotatable bonds is 9. The van der Waals surface area contributed by atoms with Gasteiger partial charge in [-0.05, 0) is 82.3 Å². The summed E-state index contributed by atoms with van der Waals surface area (Å²) >= 11 is 1.57. The van der Waals surface area contributed by atoms with E-state index in [0.717, 1.165) is 56.0 Å². The maximum atomic E-state index is 13.1. The Morgan fingerprint density at radius 1 is 1.03 bits per heavy atom. The van der Waals surface area contributed by atoms with Crippen molar-refractivity contribution in [2.45, 2.75) is 66.3 Å². The number of fused-ring (bicyclic) bond motifs is 1. The Hall–Kier alpha value is -3.13. The zero-order chi connectivity index (χ0) is 27.5. The van der Waals surface area contributed by atoms with Crippen LogP contribution in [0.15, 0.2) is 70.8 Å². The van der Waals surface area contributed by atoms with Crippen molar-refractivity contribution in [3.05, 3.63) is 81.9 Å². The molecule has 2 aromatic carbocycles. The Balaban J connectivity index is 1.94. The first-order chi connectivity index (χ1) is 17.2. The van der Waals surface area contributed by atoms with Gasteiger partial charge in [-0.3, -0.25) is 0 Å². The van der Waals surface area contributed by atoms with Gasteiger partial charge in [0.1, 0.15) is 5.75 Å². The minimum absolute atomic E-state index is 0.457. The first-order valence-corrected chi connectivity index (χ1v) is 12.8. The minimum Gasteiger partial charge on any atom is -0.478 e. The Morgan fingerprint density at radius 2 is 1.68 bits per heavy atom. The summed E-state index contributed by atoms with van der Waals surface area (Å²) in [6.45, 7) is 11.6. The van der Waals surface area contributed by atoms with Crippen LogP contribution in [0.3, 0.4) is 0 Å². The van der Waals surface area contributed by atoms with Crippen molar-refractivity contribution in [1.29, 1.82) is 0 Å². The number of nitrogens with zero attached hydrogens (tertiary/aromatic N) is 1. The number of aliphatic carboxylic acids is 1. The average molecular weight is 532 g/mol. The number of halogens is 3. The highest BCUT2D eigenvalue weighted by Crippen LogP contribution is 2.41. The van der Waals surface area contributed by atoms with Crippen LogP contribution in [0.4, 0.5) is 13.2 Å². The van der Waals surface area contributed by atoms with Crippen molar-refractivity contribution in [3.8, 4) is 5.75 Å². The van der Waals surface area contributed by atoms with Gasteiger partial charge in [-0.2, -0.15) is 13.2 Å². The Morgan fingerprint density at radius 3 is 2.22 bits per heavy atom. The van der Waals surface area contributed by atoms with Crippen molar-refractivity contribution in [2.75, 3.05) is 0 Å². The molecule has 37 heavy (non-hydrogen) atoms. The summed E-state index contributed by atoms with van der Waals surface area (Å²) in [6, 6.07) is 12.8. The molecule has 0 aliphatic rings. The number of carboxylic acids is 1. The van der Waals surface area contributed by atoms with Gasteiger partial charge in [0.15, 0.2) is 5.60 Å². The second-order valence-corrected chi connectivity index (χ2v) is 10.8. The van der Waals surface area contributed by atoms with Crippen LogP contribution in [0.2, 0.25) is 0 Å². The van der Waals surface area contributed by atoms with E-state index in [1.54, 1.807) is 17.8 Å². The van der Waals surface area contributed by atoms with Gasteiger partial charge in [0.05, 0.1) is 17.6 Å². The van der Waals surface area contributed by atoms with Crippen LogP contribution in [0.1, 0.15) is 59.1 Å². The third-order valence-corrected chi connectivity index (χ3v) is 7.69. The first-order valence-electron chi connectivity index (χ1n) is 12.0. The number of ether oxygens (including phenoxy) is 1. The van der Waals surface area contributed by atoms with Gasteiger partial charge in [-0.1, -0.05) is 42.0 Å². The van der Waals surface area contributed by atoms with Gasteiger partial charge in [0.25, 0.3) is 0 Å². The standard InChI is InChI=1S/C29H32F3NO3S/c1-7-19(4)26(21-8-11-22(12-9-21)29(30,31)32)37-25(18(2)3)17-33-15-14-20-10-13-23(16-24(20)33)36-28(5,6)27(34)35/h8-16H,7,17H2,1-6H3,(H,34,35). The molecule has 3 rings (SSSR count). The lowest BCUT2D eigenvalue weighted by atomic mass is 10.1. The molecule has 0 amide bonds. The highest BCUT2D eigenvalue weighted by molar-refractivity contribution is 8.11. The molecule has 1 heterocycles. The lowest BCUT2D eigenvalue weighted by molar-refractivity contribution is -0.152. The number of hydrogen-bond acceptors (Lipinski definition) is 3. The molecule has 0 unspecified atom stereocenters. The summed E-state index contributed by atoms with van der Waals surface area (Å²) in [5, 5.41) is 10.4. The molecule has 0 aliphatic carbocycles. The fourth-order valence-corrected chi connectivity index (χ4v) is 4.86. The van der Waals surface area contributed by atoms with Crippen LogP contribution in [-0.4, -0.2) is 21.2 Å². The van der Waals surface area contributed by atoms with Crippen molar-refractivity contribution in [3.63, 3.8) is 0 Å². The van der Waals surface area contributed by atoms with E-state index in [1.165, 1.54) is 26.0 Å². The minimum atomic E-state index is -4.38. The van der Waals surface area contributed by atoms with Crippen molar-refractivity contribution < 1.29 is 27.8 Å². The maximum Gasteiger partial charge on any atom is 0.416 e. The van der Waals surface area contributed by atoms with Crippen LogP contribution >= 0.6 is 11.8 Å². The zero-order valence-electron chi connectivity index (χ0n) is 21.9. The van der Waals surface area contributed by atoms with Crippen LogP contribution in [0.5, 0.6) is 5.75 Å². The van der Waals surface area contributed by atoms with Gasteiger partial charge < -0.3 is 14.4 Å². The van der Waals surface area contributed by atoms with Crippen molar-refractivity contribution in [1.82, 2.24) is 4.57 Å². The summed E-state index contributed by atoms with van der Waals surface area (Å²) < 4.78 is 47.1. The van der Waals surface area contributed by atoms with Gasteiger partial charge in [-0.15, -0.1) is 0 Å². The van der Waals surface area contributed by atoms with Crippen molar-refractivity contribution in [2.24, 2.45) is 0 Å². The lowest BCUT2D eigenvalue weighted by Crippen LogP contribution is -2.37. The number of carboxylic acid groups (broad SMARTS) is 1. The SMILES string of the molecule is CCC(C)=C(SC(Cn1ccc2ccc(OC(C)(C)C(=O)O)cc21)=C(C)C)c1ccc(C(F)(F)F)cc1. The molecule has 1 aromatic heterocycles. The van der Waals surface area contributed by atoms with Gasteiger partial charge >= 0.3 is 12.1 Å². The molecular weight excluding hydrogens is 499 g/mol. The summed E-state index contributed by atoms with van der Waals surface area (Å²) in [5.41, 5.74) is 1.79. The number of carbonyl (C=O) groups is 1. The van der Waals surface area contributed by atoms with E-state index in [0.29, 0.717) is 12.3 Å². The molecule has 8 heteroatoms. The lowest BCUT2D eigenvalue weighted by Gasteiger charge is -2.22. The van der Waals surface area contributed by atoms with E-state index in [1.807, 2.05) is 52.1 Å². The predicted octanol–water partition coefficient (Wildman–Crippen LogP) is 8.77. The molecular formula is C29H32F3NO3S. The fraction of sp³-hybridized carbons (Fsp3) is 0.345. The van der Waals surface area contributed by atoms with Crippen molar-refractivity contribution >= 4 is 33.5 Å². The summed E-state index contributed by atoms with van der Waals surface area (Å²) in [6.07, 6.45) is -1.64. The molecule has 0 aliphatic heterocycles. The average Bonchev–Trinajstić information content (AvgIpc) is 3.22. The first kappa shape index (κ1) is 28.4. The molecule has 0 saturated heterocycles. The van der Waals surface area contributed by atoms with E-state index < -0.39 is 23.3 Å². The van der Waals surface area contributed by atoms with Crippen LogP contribution < -0.4 is 4.74 Å². The second kappa shape index (κ2) is 11.1. The topological polar surface area (TPSA) is 51.5 Å². The largest absolute Gasteiger partial charge is 0.478 e. The molecule has 4 nitrogen and oxygen atoms in total. The van der Waals surface area contributed by atoms with E-state index in [2.05, 4.69) is 4.57 Å². The Kier molecular flexibility index (Phi) is 8.52. The molecule has 0 spiro atoms. The van der Waals surface area contributed by atoms with E-state index >= 15 is 0 Å². The summed E-state index contributed by atoms with van der Waals surface area (Å²) in [5.74, 6) is -0.599. The van der Waals surface area contributed by atoms with Gasteiger partial charge in [0.2, 0.25) is 0 Å². The number of allylic oxidation sites excluding steroid dienone is 3. The summed E-state index contributed by atoms with van der Waals surface area (Å²) in [7, 11) is 0. The highest BCUT2D eigenvalue weighted by atomic mass is 32.2. The molecule has 3 aromatic rings. The number of aromatic nitrogens is 1. The smallest absolute Gasteiger partial charge is 0.416 e. The monoisotopic (exact) mass is 531 g/mol. The number of alkyl halides is 3. The molecule has 0 atom stereocenters. The Bertz CT molecular complexity index is 1340. The van der Waals surface area contributed by atoms with Gasteiger partial charge in [0, 0.05) is 22.1 Å². The van der Waals surface area contributed by atoms with E-state index in [9.17, 15) is 23.1 Å². The van der Waals surface area contributed by atoms with Crippen LogP contribution in [0.25, 0.3) is 15.8 Å². The highest BCUT2D eigenvalue weighted by Gasteiger charge is 2.30. The van der Waals surface area contributed by atoms with E-state index in [4.69, 9.17) is 4.74 Å². The van der Waals surface area contributed by atoms with E-state index in [-0.39, 0.29) is 0 Å². The number of thioether (sulfide) groups is 1. The predicted molar refractivity (Wildman–Crippen MR) is 145 cm³/mol. The maximum absolute atomic E-state index is 13.1. The number of hydrogen-bond donors (Lipinski definition) is 1. The fourth-order valence-electron chi connectivity index (χ4n) is 3.64. The molecule has 0 bridgehead atoms. The third-order valence-electron chi connectivity index (χ3n) is 6.12. The Labute approximate surface area is 219 Å². The molecule has 1 N–H and O–H groups in total. The van der Waals surface area contributed by atoms with Gasteiger partial charge in [-0.25, -0.2) is 4.79 Å². The summed E-state index contributed by atoms with van der Waals surface area (Å²) in [4.78, 5) is 13.5. The third kappa shape index (κ3) is 6.80. The second-order valence-electron chi connectivity index (χ2n) is 9.65. The molecule has 0 fully saturated rings. The molecule has 0 saturated carbocycles. The van der Waals surface area contributed by atoms with Crippen LogP contribution in [-0.2, 0) is 17.5 Å². The van der Waals surface area contributed by atoms with Crippen LogP contribution in [0, 0.1) is 0 Å². The normalized spacial score (nSPS) is 12.9. The molecule has 0 radical (unpaired) electrons. The number of benzene rings is 2. The zero-order valence-corrected chi connectivity index (χ0v) is 22.7. The molecule has 198 valence electrons.